The molecule has 1 aromatic carbocycles. The van der Waals surface area contributed by atoms with Gasteiger partial charge in [0.05, 0.1) is 5.41 Å². The number of fused-ring (bicyclic) bond motifs is 1. The molecule has 3 aliphatic carbocycles. The number of hydrogen-bond acceptors (Lipinski definition) is 0. The van der Waals surface area contributed by atoms with E-state index in [0.717, 1.165) is 0 Å². The fourth-order valence-corrected chi connectivity index (χ4v) is 3.13. The van der Waals surface area contributed by atoms with Crippen molar-refractivity contribution < 1.29 is 0 Å². The van der Waals surface area contributed by atoms with Crippen LogP contribution in [0.4, 0.5) is 0 Å². The average Bonchev–Trinajstić information content (AvgIpc) is 2.69. The maximum Gasteiger partial charge on any atom is 0.0580 e. The summed E-state index contributed by atoms with van der Waals surface area (Å²) in [4.78, 5) is 0. The van der Waals surface area contributed by atoms with Crippen molar-refractivity contribution in [1.29, 1.82) is 0 Å². The molecule has 1 aromatic rings. The topological polar surface area (TPSA) is 0 Å². The number of hydrogen-bond donors (Lipinski definition) is 0. The van der Waals surface area contributed by atoms with Crippen LogP contribution in [-0.4, -0.2) is 0 Å². The van der Waals surface area contributed by atoms with E-state index < -0.39 is 0 Å². The highest BCUT2D eigenvalue weighted by Crippen LogP contribution is 2.46. The first-order chi connectivity index (χ1) is 8.42. The van der Waals surface area contributed by atoms with Gasteiger partial charge in [-0.25, -0.2) is 0 Å². The van der Waals surface area contributed by atoms with Gasteiger partial charge in [-0.3, -0.25) is 0 Å². The largest absolute Gasteiger partial charge is 0.0658 e. The summed E-state index contributed by atoms with van der Waals surface area (Å²) >= 11 is 0. The summed E-state index contributed by atoms with van der Waals surface area (Å²) in [7, 11) is 0. The smallest absolute Gasteiger partial charge is 0.0580 e. The predicted molar refractivity (Wildman–Crippen MR) is 71.5 cm³/mol. The average molecular weight is 216 g/mol. The van der Waals surface area contributed by atoms with Crippen LogP contribution in [0.3, 0.4) is 0 Å². The Bertz CT molecular complexity index is 671. The zero-order chi connectivity index (χ0) is 11.3. The van der Waals surface area contributed by atoms with Crippen LogP contribution in [0, 0.1) is 5.41 Å². The van der Waals surface area contributed by atoms with Crippen molar-refractivity contribution in [3.8, 4) is 0 Å². The number of allylic oxidation sites excluding steroid dienone is 8. The minimum atomic E-state index is -0.00676. The molecule has 0 nitrogen and oxygen atoms in total. The Kier molecular flexibility index (Phi) is 1.58. The van der Waals surface area contributed by atoms with Crippen LogP contribution in [-0.2, 0) is 0 Å². The molecule has 3 aliphatic rings. The Morgan fingerprint density at radius 2 is 1.18 bits per heavy atom. The van der Waals surface area contributed by atoms with Crippen LogP contribution in [0.25, 0.3) is 11.1 Å². The molecule has 17 heavy (non-hydrogen) atoms. The van der Waals surface area contributed by atoms with Crippen LogP contribution in [0.1, 0.15) is 0 Å². The fraction of sp³-hybridized carbons (Fsp3) is 0.0588. The second-order valence-electron chi connectivity index (χ2n) is 4.68. The van der Waals surface area contributed by atoms with Gasteiger partial charge < -0.3 is 0 Å². The minimum Gasteiger partial charge on any atom is -0.0658 e. The minimum absolute atomic E-state index is 0.00676. The van der Waals surface area contributed by atoms with E-state index in [0.29, 0.717) is 0 Å². The van der Waals surface area contributed by atoms with Gasteiger partial charge in [-0.2, -0.15) is 0 Å². The summed E-state index contributed by atoms with van der Waals surface area (Å²) < 4.78 is 0. The number of benzene rings is 1. The second-order valence-corrected chi connectivity index (χ2v) is 4.68. The van der Waals surface area contributed by atoms with E-state index in [-0.39, 0.29) is 5.41 Å². The molecule has 1 spiro atoms. The van der Waals surface area contributed by atoms with E-state index in [1.54, 1.807) is 0 Å². The van der Waals surface area contributed by atoms with Gasteiger partial charge in [-0.05, 0) is 21.6 Å². The normalized spacial score (nSPS) is 21.4. The summed E-state index contributed by atoms with van der Waals surface area (Å²) in [5.41, 5.74) is 2.81. The third-order valence-electron chi connectivity index (χ3n) is 3.86. The molecule has 0 saturated carbocycles. The van der Waals surface area contributed by atoms with E-state index in [1.165, 1.54) is 21.6 Å². The molecule has 0 unspecified atom stereocenters. The first-order valence-corrected chi connectivity index (χ1v) is 5.98. The van der Waals surface area contributed by atoms with Gasteiger partial charge in [0, 0.05) is 0 Å². The van der Waals surface area contributed by atoms with Crippen LogP contribution < -0.4 is 10.4 Å². The standard InChI is InChI=1S/C17H12/c1-2-8-14-13(7-1)15-9-3-5-11-17(15)12-6-4-10-16(14)17/h1-12H. The summed E-state index contributed by atoms with van der Waals surface area (Å²) in [5.74, 6) is 0. The van der Waals surface area contributed by atoms with E-state index in [2.05, 4.69) is 72.9 Å². The van der Waals surface area contributed by atoms with Crippen molar-refractivity contribution in [3.05, 3.63) is 83.3 Å². The van der Waals surface area contributed by atoms with E-state index in [1.807, 2.05) is 0 Å². The Morgan fingerprint density at radius 3 is 1.71 bits per heavy atom. The molecular formula is C17H12. The van der Waals surface area contributed by atoms with Crippen molar-refractivity contribution >= 4 is 11.1 Å². The molecule has 0 heterocycles. The van der Waals surface area contributed by atoms with Gasteiger partial charge in [-0.1, -0.05) is 72.9 Å². The van der Waals surface area contributed by atoms with Crippen molar-refractivity contribution in [1.82, 2.24) is 0 Å². The highest BCUT2D eigenvalue weighted by Gasteiger charge is 2.37. The second kappa shape index (κ2) is 2.98. The molecule has 0 amide bonds. The third-order valence-corrected chi connectivity index (χ3v) is 3.86. The molecular weight excluding hydrogens is 204 g/mol. The zero-order valence-corrected chi connectivity index (χ0v) is 9.43. The van der Waals surface area contributed by atoms with Crippen molar-refractivity contribution in [2.75, 3.05) is 0 Å². The molecule has 0 aliphatic heterocycles. The Labute approximate surface area is 100 Å². The Morgan fingerprint density at radius 1 is 0.647 bits per heavy atom. The van der Waals surface area contributed by atoms with E-state index in [4.69, 9.17) is 0 Å². The van der Waals surface area contributed by atoms with Crippen molar-refractivity contribution in [3.63, 3.8) is 0 Å². The highest BCUT2D eigenvalue weighted by molar-refractivity contribution is 5.91. The lowest BCUT2D eigenvalue weighted by molar-refractivity contribution is 0.878. The molecule has 0 fully saturated rings. The lowest BCUT2D eigenvalue weighted by Crippen LogP contribution is -2.22. The van der Waals surface area contributed by atoms with Crippen LogP contribution >= 0.6 is 0 Å². The molecule has 0 radical (unpaired) electrons. The van der Waals surface area contributed by atoms with Crippen molar-refractivity contribution in [2.24, 2.45) is 5.41 Å². The first kappa shape index (κ1) is 9.00. The van der Waals surface area contributed by atoms with Crippen LogP contribution in [0.15, 0.2) is 72.9 Å². The molecule has 0 aromatic heterocycles. The lowest BCUT2D eigenvalue weighted by Gasteiger charge is -2.30. The number of rotatable bonds is 0. The summed E-state index contributed by atoms with van der Waals surface area (Å²) in [6.45, 7) is 0. The summed E-state index contributed by atoms with van der Waals surface area (Å²) in [6.07, 6.45) is 17.7. The maximum absolute atomic E-state index is 2.30. The molecule has 0 atom stereocenters. The van der Waals surface area contributed by atoms with Crippen molar-refractivity contribution in [2.45, 2.75) is 0 Å². The molecule has 0 bridgehead atoms. The summed E-state index contributed by atoms with van der Waals surface area (Å²) in [6, 6.07) is 8.69. The van der Waals surface area contributed by atoms with Gasteiger partial charge in [0.25, 0.3) is 0 Å². The monoisotopic (exact) mass is 216 g/mol. The maximum atomic E-state index is 2.30. The fourth-order valence-electron chi connectivity index (χ4n) is 3.13. The third kappa shape index (κ3) is 0.980. The van der Waals surface area contributed by atoms with E-state index in [9.17, 15) is 0 Å². The van der Waals surface area contributed by atoms with Crippen LogP contribution in [0.2, 0.25) is 0 Å². The Balaban J connectivity index is 2.28. The molecule has 0 N–H and O–H groups in total. The molecule has 0 saturated heterocycles. The lowest BCUT2D eigenvalue weighted by atomic mass is 9.72. The highest BCUT2D eigenvalue weighted by atomic mass is 14.4. The SMILES string of the molecule is C1=CC2=c3ccccc3=C3C=CC=CC23C=C1. The van der Waals surface area contributed by atoms with Crippen LogP contribution in [0.5, 0.6) is 0 Å². The quantitative estimate of drug-likeness (QED) is 0.624. The summed E-state index contributed by atoms with van der Waals surface area (Å²) in [5, 5.41) is 2.75. The Hall–Kier alpha value is -2.08. The molecule has 80 valence electrons. The molecule has 0 heteroatoms. The van der Waals surface area contributed by atoms with Gasteiger partial charge >= 0.3 is 0 Å². The zero-order valence-electron chi connectivity index (χ0n) is 9.43. The predicted octanol–water partition coefficient (Wildman–Crippen LogP) is 2.24. The van der Waals surface area contributed by atoms with Gasteiger partial charge in [-0.15, -0.1) is 0 Å². The van der Waals surface area contributed by atoms with Gasteiger partial charge in [0.1, 0.15) is 0 Å². The molecule has 4 rings (SSSR count). The van der Waals surface area contributed by atoms with E-state index >= 15 is 0 Å². The van der Waals surface area contributed by atoms with Gasteiger partial charge in [0.15, 0.2) is 0 Å². The van der Waals surface area contributed by atoms with Gasteiger partial charge in [0.2, 0.25) is 0 Å². The first-order valence-electron chi connectivity index (χ1n) is 5.98.